The van der Waals surface area contributed by atoms with E-state index < -0.39 is 10.0 Å². The summed E-state index contributed by atoms with van der Waals surface area (Å²) in [5.41, 5.74) is 0.815. The number of thiophene rings is 1. The number of rotatable bonds is 6. The molecule has 0 bridgehead atoms. The Labute approximate surface area is 165 Å². The van der Waals surface area contributed by atoms with Crippen LogP contribution >= 0.6 is 23.1 Å². The molecule has 1 saturated heterocycles. The smallest absolute Gasteiger partial charge is 0.244 e. The van der Waals surface area contributed by atoms with Crippen LogP contribution in [0.25, 0.3) is 10.8 Å². The van der Waals surface area contributed by atoms with Gasteiger partial charge in [0.2, 0.25) is 15.9 Å². The summed E-state index contributed by atoms with van der Waals surface area (Å²) in [6.07, 6.45) is 3.05. The van der Waals surface area contributed by atoms with Gasteiger partial charge < -0.3 is 9.15 Å². The first-order valence-corrected chi connectivity index (χ1v) is 11.6. The molecular weight excluding hydrogens is 406 g/mol. The lowest BCUT2D eigenvalue weighted by atomic mass is 10.5. The van der Waals surface area contributed by atoms with Gasteiger partial charge in [-0.25, -0.2) is 18.4 Å². The molecule has 4 heterocycles. The quantitative estimate of drug-likeness (QED) is 0.563. The Morgan fingerprint density at radius 2 is 2.07 bits per heavy atom. The maximum absolute atomic E-state index is 12.6. The minimum atomic E-state index is -3.51. The number of aromatic nitrogens is 2. The second kappa shape index (κ2) is 8.11. The van der Waals surface area contributed by atoms with Crippen molar-refractivity contribution in [3.8, 4) is 10.8 Å². The van der Waals surface area contributed by atoms with E-state index in [0.717, 1.165) is 15.6 Å². The third kappa shape index (κ3) is 4.25. The minimum absolute atomic E-state index is 0.204. The van der Waals surface area contributed by atoms with Crippen LogP contribution in [0.5, 0.6) is 0 Å². The molecule has 0 atom stereocenters. The maximum Gasteiger partial charge on any atom is 0.244 e. The first-order valence-electron chi connectivity index (χ1n) is 8.28. The van der Waals surface area contributed by atoms with Crippen LogP contribution in [-0.2, 0) is 20.5 Å². The Balaban J connectivity index is 1.39. The van der Waals surface area contributed by atoms with Crippen LogP contribution in [0.15, 0.2) is 56.4 Å². The second-order valence-electron chi connectivity index (χ2n) is 5.76. The molecule has 0 aliphatic carbocycles. The van der Waals surface area contributed by atoms with Gasteiger partial charge in [0.25, 0.3) is 0 Å². The van der Waals surface area contributed by atoms with Crippen molar-refractivity contribution in [2.45, 2.75) is 15.7 Å². The number of hydrogen-bond donors (Lipinski definition) is 0. The Hall–Kier alpha value is -1.72. The van der Waals surface area contributed by atoms with Crippen molar-refractivity contribution in [1.29, 1.82) is 0 Å². The highest BCUT2D eigenvalue weighted by Gasteiger charge is 2.26. The van der Waals surface area contributed by atoms with Gasteiger partial charge in [-0.3, -0.25) is 0 Å². The molecule has 142 valence electrons. The molecule has 1 fully saturated rings. The predicted octanol–water partition coefficient (Wildman–Crippen LogP) is 3.11. The number of oxazole rings is 1. The van der Waals surface area contributed by atoms with E-state index in [1.54, 1.807) is 29.7 Å². The molecule has 7 nitrogen and oxygen atoms in total. The van der Waals surface area contributed by atoms with Crippen LogP contribution in [0.4, 0.5) is 0 Å². The van der Waals surface area contributed by atoms with Crippen LogP contribution in [0.2, 0.25) is 0 Å². The van der Waals surface area contributed by atoms with Gasteiger partial charge in [0.1, 0.15) is 11.2 Å². The van der Waals surface area contributed by atoms with Crippen molar-refractivity contribution < 1.29 is 17.6 Å². The van der Waals surface area contributed by atoms with Gasteiger partial charge in [-0.05, 0) is 23.6 Å². The second-order valence-corrected chi connectivity index (χ2v) is 9.64. The lowest BCUT2D eigenvalue weighted by molar-refractivity contribution is 0.0730. The molecule has 0 spiro atoms. The van der Waals surface area contributed by atoms with Crippen LogP contribution in [-0.4, -0.2) is 49.0 Å². The number of hydrogen-bond acceptors (Lipinski definition) is 8. The normalized spacial score (nSPS) is 15.9. The van der Waals surface area contributed by atoms with Crippen molar-refractivity contribution in [2.75, 3.05) is 26.3 Å². The van der Waals surface area contributed by atoms with E-state index in [4.69, 9.17) is 9.15 Å². The Kier molecular flexibility index (Phi) is 5.60. The Morgan fingerprint density at radius 1 is 1.22 bits per heavy atom. The lowest BCUT2D eigenvalue weighted by Gasteiger charge is -2.25. The minimum Gasteiger partial charge on any atom is -0.444 e. The SMILES string of the molecule is O=S(=O)(c1ccc(SCc2coc(-c3cccs3)n2)nc1)N1CCOCC1. The molecule has 1 aliphatic heterocycles. The molecule has 27 heavy (non-hydrogen) atoms. The molecule has 3 aromatic rings. The van der Waals surface area contributed by atoms with E-state index >= 15 is 0 Å². The number of sulfonamides is 1. The number of thioether (sulfide) groups is 1. The molecule has 0 aromatic carbocycles. The summed E-state index contributed by atoms with van der Waals surface area (Å²) in [5.74, 6) is 1.21. The summed E-state index contributed by atoms with van der Waals surface area (Å²) >= 11 is 3.06. The van der Waals surface area contributed by atoms with Crippen LogP contribution in [0.3, 0.4) is 0 Å². The topological polar surface area (TPSA) is 85.5 Å². The first-order chi connectivity index (χ1) is 13.1. The van der Waals surface area contributed by atoms with Crippen LogP contribution in [0, 0.1) is 0 Å². The number of morpholine rings is 1. The highest BCUT2D eigenvalue weighted by molar-refractivity contribution is 7.98. The Bertz CT molecular complexity index is 979. The van der Waals surface area contributed by atoms with Gasteiger partial charge in [-0.15, -0.1) is 11.3 Å². The number of nitrogens with zero attached hydrogens (tertiary/aromatic N) is 3. The zero-order valence-corrected chi connectivity index (χ0v) is 16.7. The summed E-state index contributed by atoms with van der Waals surface area (Å²) in [6, 6.07) is 7.23. The third-order valence-electron chi connectivity index (χ3n) is 3.97. The van der Waals surface area contributed by atoms with Crippen molar-refractivity contribution in [3.05, 3.63) is 47.8 Å². The predicted molar refractivity (Wildman–Crippen MR) is 103 cm³/mol. The summed E-state index contributed by atoms with van der Waals surface area (Å²) in [5, 5.41) is 2.71. The average molecular weight is 424 g/mol. The van der Waals surface area contributed by atoms with E-state index in [0.29, 0.717) is 37.9 Å². The molecule has 1 aliphatic rings. The van der Waals surface area contributed by atoms with Crippen molar-refractivity contribution in [3.63, 3.8) is 0 Å². The van der Waals surface area contributed by atoms with Gasteiger partial charge in [0.05, 0.1) is 28.8 Å². The monoisotopic (exact) mass is 423 g/mol. The fraction of sp³-hybridized carbons (Fsp3) is 0.294. The fourth-order valence-corrected chi connectivity index (χ4v) is 5.30. The van der Waals surface area contributed by atoms with Crippen molar-refractivity contribution in [2.24, 2.45) is 0 Å². The van der Waals surface area contributed by atoms with Gasteiger partial charge >= 0.3 is 0 Å². The molecule has 3 aromatic heterocycles. The third-order valence-corrected chi connectivity index (χ3v) is 7.69. The zero-order chi connectivity index (χ0) is 18.7. The van der Waals surface area contributed by atoms with E-state index in [1.807, 2.05) is 17.5 Å². The van der Waals surface area contributed by atoms with E-state index in [2.05, 4.69) is 9.97 Å². The highest BCUT2D eigenvalue weighted by Crippen LogP contribution is 2.27. The zero-order valence-electron chi connectivity index (χ0n) is 14.3. The van der Waals surface area contributed by atoms with Crippen LogP contribution in [0.1, 0.15) is 5.69 Å². The van der Waals surface area contributed by atoms with Crippen molar-refractivity contribution in [1.82, 2.24) is 14.3 Å². The summed E-state index contributed by atoms with van der Waals surface area (Å²) in [7, 11) is -3.51. The largest absolute Gasteiger partial charge is 0.444 e. The van der Waals surface area contributed by atoms with Crippen LogP contribution < -0.4 is 0 Å². The molecule has 0 unspecified atom stereocenters. The first kappa shape index (κ1) is 18.6. The molecule has 10 heteroatoms. The molecule has 0 amide bonds. The van der Waals surface area contributed by atoms with Gasteiger partial charge in [-0.1, -0.05) is 17.8 Å². The lowest BCUT2D eigenvalue weighted by Crippen LogP contribution is -2.40. The van der Waals surface area contributed by atoms with E-state index in [-0.39, 0.29) is 4.90 Å². The van der Waals surface area contributed by atoms with Crippen molar-refractivity contribution >= 4 is 33.1 Å². The van der Waals surface area contributed by atoms with Gasteiger partial charge in [0.15, 0.2) is 0 Å². The van der Waals surface area contributed by atoms with Gasteiger partial charge in [-0.2, -0.15) is 4.31 Å². The highest BCUT2D eigenvalue weighted by atomic mass is 32.2. The number of pyridine rings is 1. The van der Waals surface area contributed by atoms with Gasteiger partial charge in [0, 0.05) is 25.0 Å². The molecule has 0 N–H and O–H groups in total. The summed E-state index contributed by atoms with van der Waals surface area (Å²) in [6.45, 7) is 1.59. The van der Waals surface area contributed by atoms with E-state index in [9.17, 15) is 8.42 Å². The summed E-state index contributed by atoms with van der Waals surface area (Å²) < 4.78 is 37.3. The standard InChI is InChI=1S/C17H17N3O4S3/c21-27(22,20-5-7-23-8-6-20)14-3-4-16(18-10-14)26-12-13-11-24-17(19-13)15-2-1-9-25-15/h1-4,9-11H,5-8,12H2. The summed E-state index contributed by atoms with van der Waals surface area (Å²) in [4.78, 5) is 9.94. The molecule has 0 saturated carbocycles. The molecular formula is C17H17N3O4S3. The fourth-order valence-electron chi connectivity index (χ4n) is 2.58. The Morgan fingerprint density at radius 3 is 2.78 bits per heavy atom. The molecule has 0 radical (unpaired) electrons. The maximum atomic E-state index is 12.6. The molecule has 4 rings (SSSR count). The van der Waals surface area contributed by atoms with E-state index in [1.165, 1.54) is 22.3 Å². The number of ether oxygens (including phenoxy) is 1. The average Bonchev–Trinajstić information content (AvgIpc) is 3.39.